The van der Waals surface area contributed by atoms with Crippen LogP contribution in [0.25, 0.3) is 6.08 Å². The molecular weight excluding hydrogens is 270 g/mol. The molecule has 0 aliphatic carbocycles. The Hall–Kier alpha value is -2.35. The Bertz CT molecular complexity index is 726. The van der Waals surface area contributed by atoms with Crippen LogP contribution in [0.2, 0.25) is 0 Å². The molecule has 0 saturated carbocycles. The molecule has 22 heavy (non-hydrogen) atoms. The van der Waals surface area contributed by atoms with Crippen molar-refractivity contribution in [1.29, 1.82) is 0 Å². The lowest BCUT2D eigenvalue weighted by atomic mass is 10.0. The number of fused-ring (bicyclic) bond motifs is 1. The molecular formula is C20H21NO. The van der Waals surface area contributed by atoms with Crippen molar-refractivity contribution in [3.63, 3.8) is 0 Å². The Morgan fingerprint density at radius 1 is 1.09 bits per heavy atom. The smallest absolute Gasteiger partial charge is 0.258 e. The number of carbonyl (C=O) groups is 1. The van der Waals surface area contributed by atoms with Crippen LogP contribution in [-0.4, -0.2) is 5.91 Å². The van der Waals surface area contributed by atoms with Crippen LogP contribution in [0.15, 0.2) is 48.5 Å². The van der Waals surface area contributed by atoms with Gasteiger partial charge in [-0.05, 0) is 47.7 Å². The minimum absolute atomic E-state index is 0.0960. The number of amides is 1. The molecule has 0 fully saturated rings. The van der Waals surface area contributed by atoms with E-state index in [0.717, 1.165) is 22.4 Å². The maximum absolute atomic E-state index is 12.7. The summed E-state index contributed by atoms with van der Waals surface area (Å²) >= 11 is 0. The van der Waals surface area contributed by atoms with Crippen LogP contribution in [0.4, 0.5) is 5.69 Å². The third kappa shape index (κ3) is 2.57. The van der Waals surface area contributed by atoms with Gasteiger partial charge in [-0.2, -0.15) is 0 Å². The van der Waals surface area contributed by atoms with E-state index in [-0.39, 0.29) is 5.91 Å². The number of benzene rings is 2. The van der Waals surface area contributed by atoms with Gasteiger partial charge in [-0.1, -0.05) is 50.3 Å². The fourth-order valence-electron chi connectivity index (χ4n) is 2.86. The van der Waals surface area contributed by atoms with E-state index in [1.807, 2.05) is 42.2 Å². The number of nitrogens with zero attached hydrogens (tertiary/aromatic N) is 1. The molecule has 0 aromatic heterocycles. The second-order valence-corrected chi connectivity index (χ2v) is 6.05. The first-order chi connectivity index (χ1) is 10.6. The van der Waals surface area contributed by atoms with E-state index >= 15 is 0 Å². The minimum atomic E-state index is 0.0960. The summed E-state index contributed by atoms with van der Waals surface area (Å²) in [5.41, 5.74) is 5.27. The number of hydrogen-bond acceptors (Lipinski definition) is 1. The Morgan fingerprint density at radius 3 is 2.45 bits per heavy atom. The van der Waals surface area contributed by atoms with E-state index in [9.17, 15) is 4.79 Å². The lowest BCUT2D eigenvalue weighted by Gasteiger charge is -2.16. The predicted octanol–water partition coefficient (Wildman–Crippen LogP) is 5.00. The van der Waals surface area contributed by atoms with Crippen molar-refractivity contribution >= 4 is 17.7 Å². The maximum Gasteiger partial charge on any atom is 0.258 e. The summed E-state index contributed by atoms with van der Waals surface area (Å²) in [6.07, 6.45) is 4.01. The van der Waals surface area contributed by atoms with Crippen molar-refractivity contribution in [3.05, 3.63) is 70.8 Å². The third-order valence-corrected chi connectivity index (χ3v) is 4.17. The molecule has 1 amide bonds. The van der Waals surface area contributed by atoms with Gasteiger partial charge < -0.3 is 4.90 Å². The van der Waals surface area contributed by atoms with E-state index in [2.05, 4.69) is 38.1 Å². The first-order valence-electron chi connectivity index (χ1n) is 7.77. The molecule has 3 rings (SSSR count). The molecule has 0 atom stereocenters. The Balaban J connectivity index is 1.90. The van der Waals surface area contributed by atoms with Crippen LogP contribution in [0, 0.1) is 0 Å². The van der Waals surface area contributed by atoms with Crippen molar-refractivity contribution in [3.8, 4) is 0 Å². The zero-order chi connectivity index (χ0) is 15.7. The number of allylic oxidation sites excluding steroid dienone is 1. The molecule has 112 valence electrons. The van der Waals surface area contributed by atoms with Gasteiger partial charge in [0.25, 0.3) is 5.91 Å². The topological polar surface area (TPSA) is 20.3 Å². The molecule has 2 heteroatoms. The monoisotopic (exact) mass is 291 g/mol. The first-order valence-corrected chi connectivity index (χ1v) is 7.77. The lowest BCUT2D eigenvalue weighted by Crippen LogP contribution is -2.22. The molecule has 2 nitrogen and oxygen atoms in total. The van der Waals surface area contributed by atoms with E-state index in [0.29, 0.717) is 12.5 Å². The molecule has 0 spiro atoms. The molecule has 2 aromatic rings. The number of anilines is 1. The maximum atomic E-state index is 12.7. The largest absolute Gasteiger partial charge is 0.304 e. The second kappa shape index (κ2) is 5.80. The molecule has 0 unspecified atom stereocenters. The zero-order valence-corrected chi connectivity index (χ0v) is 13.3. The SMILES string of the molecule is C/C=C/c1ccc2c(c1)C(=O)N(c1ccc(C(C)C)cc1)C2. The third-order valence-electron chi connectivity index (χ3n) is 4.17. The van der Waals surface area contributed by atoms with Crippen LogP contribution in [0.3, 0.4) is 0 Å². The van der Waals surface area contributed by atoms with Gasteiger partial charge in [-0.3, -0.25) is 4.79 Å². The summed E-state index contributed by atoms with van der Waals surface area (Å²) < 4.78 is 0. The van der Waals surface area contributed by atoms with Crippen LogP contribution < -0.4 is 4.90 Å². The van der Waals surface area contributed by atoms with Gasteiger partial charge in [-0.15, -0.1) is 0 Å². The molecule has 0 N–H and O–H groups in total. The van der Waals surface area contributed by atoms with Crippen molar-refractivity contribution < 1.29 is 4.79 Å². The Kier molecular flexibility index (Phi) is 3.84. The predicted molar refractivity (Wildman–Crippen MR) is 92.2 cm³/mol. The highest BCUT2D eigenvalue weighted by Gasteiger charge is 2.28. The van der Waals surface area contributed by atoms with E-state index in [1.54, 1.807) is 0 Å². The van der Waals surface area contributed by atoms with Gasteiger partial charge in [0.1, 0.15) is 0 Å². The quantitative estimate of drug-likeness (QED) is 0.779. The molecule has 0 radical (unpaired) electrons. The van der Waals surface area contributed by atoms with E-state index in [1.165, 1.54) is 5.56 Å². The lowest BCUT2D eigenvalue weighted by molar-refractivity contribution is 0.0996. The van der Waals surface area contributed by atoms with Gasteiger partial charge in [-0.25, -0.2) is 0 Å². The summed E-state index contributed by atoms with van der Waals surface area (Å²) in [6.45, 7) is 6.99. The van der Waals surface area contributed by atoms with Crippen molar-refractivity contribution in [2.75, 3.05) is 4.90 Å². The van der Waals surface area contributed by atoms with Crippen molar-refractivity contribution in [1.82, 2.24) is 0 Å². The minimum Gasteiger partial charge on any atom is -0.304 e. The van der Waals surface area contributed by atoms with Crippen molar-refractivity contribution in [2.45, 2.75) is 33.2 Å². The number of hydrogen-bond donors (Lipinski definition) is 0. The average Bonchev–Trinajstić information content (AvgIpc) is 2.85. The van der Waals surface area contributed by atoms with Crippen LogP contribution in [0.5, 0.6) is 0 Å². The summed E-state index contributed by atoms with van der Waals surface area (Å²) in [7, 11) is 0. The summed E-state index contributed by atoms with van der Waals surface area (Å²) in [5, 5.41) is 0. The highest BCUT2D eigenvalue weighted by Crippen LogP contribution is 2.30. The van der Waals surface area contributed by atoms with Gasteiger partial charge in [0.15, 0.2) is 0 Å². The Morgan fingerprint density at radius 2 is 1.82 bits per heavy atom. The highest BCUT2D eigenvalue weighted by atomic mass is 16.2. The standard InChI is InChI=1S/C20H21NO/c1-4-5-15-6-7-17-13-21(20(22)19(17)12-15)18-10-8-16(9-11-18)14(2)3/h4-12,14H,13H2,1-3H3/b5-4+. The van der Waals surface area contributed by atoms with E-state index < -0.39 is 0 Å². The summed E-state index contributed by atoms with van der Waals surface area (Å²) in [4.78, 5) is 14.5. The number of carbonyl (C=O) groups excluding carboxylic acids is 1. The zero-order valence-electron chi connectivity index (χ0n) is 13.3. The molecule has 1 aliphatic heterocycles. The van der Waals surface area contributed by atoms with Crippen LogP contribution in [0.1, 0.15) is 53.7 Å². The fraction of sp³-hybridized carbons (Fsp3) is 0.250. The van der Waals surface area contributed by atoms with Crippen LogP contribution >= 0.6 is 0 Å². The van der Waals surface area contributed by atoms with Gasteiger partial charge in [0.05, 0.1) is 6.54 Å². The molecule has 1 heterocycles. The Labute approximate surface area is 132 Å². The first kappa shape index (κ1) is 14.6. The normalized spacial score (nSPS) is 14.2. The molecule has 0 saturated heterocycles. The van der Waals surface area contributed by atoms with Crippen LogP contribution in [-0.2, 0) is 6.54 Å². The van der Waals surface area contributed by atoms with Crippen molar-refractivity contribution in [2.24, 2.45) is 0 Å². The fourth-order valence-corrected chi connectivity index (χ4v) is 2.86. The summed E-state index contributed by atoms with van der Waals surface area (Å²) in [5.74, 6) is 0.600. The van der Waals surface area contributed by atoms with Gasteiger partial charge >= 0.3 is 0 Å². The molecule has 0 bridgehead atoms. The second-order valence-electron chi connectivity index (χ2n) is 6.05. The van der Waals surface area contributed by atoms with Gasteiger partial charge in [0, 0.05) is 11.3 Å². The summed E-state index contributed by atoms with van der Waals surface area (Å²) in [6, 6.07) is 14.4. The average molecular weight is 291 g/mol. The molecule has 1 aliphatic rings. The highest BCUT2D eigenvalue weighted by molar-refractivity contribution is 6.10. The van der Waals surface area contributed by atoms with Gasteiger partial charge in [0.2, 0.25) is 0 Å². The van der Waals surface area contributed by atoms with E-state index in [4.69, 9.17) is 0 Å². The molecule has 2 aromatic carbocycles. The number of rotatable bonds is 3.